The van der Waals surface area contributed by atoms with Crippen LogP contribution < -0.4 is 4.74 Å². The molecular weight excluding hydrogens is 283 g/mol. The maximum absolute atomic E-state index is 12.2. The van der Waals surface area contributed by atoms with Crippen LogP contribution in [0.2, 0.25) is 10.0 Å². The summed E-state index contributed by atoms with van der Waals surface area (Å²) < 4.78 is 5.13. The van der Waals surface area contributed by atoms with Gasteiger partial charge in [-0.25, -0.2) is 0 Å². The summed E-state index contributed by atoms with van der Waals surface area (Å²) in [5, 5.41) is 0.690. The average Bonchev–Trinajstić information content (AvgIpc) is 2.42. The number of rotatable bonds is 4. The summed E-state index contributed by atoms with van der Waals surface area (Å²) in [6.45, 7) is 0. The highest BCUT2D eigenvalue weighted by Gasteiger charge is 2.13. The van der Waals surface area contributed by atoms with E-state index in [-0.39, 0.29) is 12.2 Å². The molecule has 0 fully saturated rings. The Hall–Kier alpha value is -1.51. The van der Waals surface area contributed by atoms with E-state index < -0.39 is 0 Å². The summed E-state index contributed by atoms with van der Waals surface area (Å²) in [4.78, 5) is 12.2. The van der Waals surface area contributed by atoms with Gasteiger partial charge in [-0.3, -0.25) is 4.79 Å². The summed E-state index contributed by atoms with van der Waals surface area (Å²) >= 11 is 11.9. The van der Waals surface area contributed by atoms with Crippen LogP contribution in [0.1, 0.15) is 15.9 Å². The minimum Gasteiger partial charge on any atom is -0.497 e. The summed E-state index contributed by atoms with van der Waals surface area (Å²) in [7, 11) is 1.59. The number of methoxy groups -OCH3 is 1. The molecule has 0 bridgehead atoms. The molecule has 0 aromatic heterocycles. The molecule has 0 saturated carbocycles. The van der Waals surface area contributed by atoms with Crippen molar-refractivity contribution in [2.75, 3.05) is 7.11 Å². The lowest BCUT2D eigenvalue weighted by molar-refractivity contribution is 0.0993. The quantitative estimate of drug-likeness (QED) is 0.780. The predicted molar refractivity (Wildman–Crippen MR) is 77.5 cm³/mol. The molecule has 0 aliphatic carbocycles. The molecule has 2 aromatic carbocycles. The Morgan fingerprint density at radius 1 is 1.16 bits per heavy atom. The number of hydrogen-bond acceptors (Lipinski definition) is 2. The fourth-order valence-electron chi connectivity index (χ4n) is 1.78. The largest absolute Gasteiger partial charge is 0.497 e. The van der Waals surface area contributed by atoms with Crippen LogP contribution in [0.15, 0.2) is 42.5 Å². The zero-order valence-electron chi connectivity index (χ0n) is 10.3. The van der Waals surface area contributed by atoms with E-state index in [1.807, 2.05) is 24.3 Å². The van der Waals surface area contributed by atoms with Gasteiger partial charge in [0, 0.05) is 12.0 Å². The van der Waals surface area contributed by atoms with E-state index in [1.54, 1.807) is 25.3 Å². The van der Waals surface area contributed by atoms with E-state index in [1.165, 1.54) is 0 Å². The summed E-state index contributed by atoms with van der Waals surface area (Å²) in [5.41, 5.74) is 1.32. The first kappa shape index (κ1) is 13.9. The Bertz CT molecular complexity index is 609. The van der Waals surface area contributed by atoms with Crippen LogP contribution in [0.4, 0.5) is 0 Å². The maximum atomic E-state index is 12.2. The number of carbonyl (C=O) groups excluding carboxylic acids is 1. The molecular formula is C15H12Cl2O2. The molecule has 19 heavy (non-hydrogen) atoms. The van der Waals surface area contributed by atoms with E-state index in [9.17, 15) is 4.79 Å². The summed E-state index contributed by atoms with van der Waals surface area (Å²) in [5.74, 6) is 0.656. The lowest BCUT2D eigenvalue weighted by Gasteiger charge is -2.06. The van der Waals surface area contributed by atoms with E-state index in [4.69, 9.17) is 27.9 Å². The minimum absolute atomic E-state index is 0.0687. The van der Waals surface area contributed by atoms with Gasteiger partial charge in [0.15, 0.2) is 5.78 Å². The van der Waals surface area contributed by atoms with Crippen molar-refractivity contribution in [1.82, 2.24) is 0 Å². The first-order chi connectivity index (χ1) is 9.11. The Morgan fingerprint density at radius 3 is 2.63 bits per heavy atom. The number of hydrogen-bond donors (Lipinski definition) is 0. The number of ether oxygens (including phenoxy) is 1. The number of halogens is 2. The normalized spacial score (nSPS) is 10.3. The minimum atomic E-state index is -0.0687. The smallest absolute Gasteiger partial charge is 0.168 e. The van der Waals surface area contributed by atoms with E-state index in [0.29, 0.717) is 15.6 Å². The SMILES string of the molecule is COc1cccc(CC(=O)c2cccc(Cl)c2Cl)c1. The molecule has 2 aromatic rings. The van der Waals surface area contributed by atoms with Crippen molar-refractivity contribution in [3.63, 3.8) is 0 Å². The van der Waals surface area contributed by atoms with Crippen LogP contribution in [-0.2, 0) is 6.42 Å². The van der Waals surface area contributed by atoms with Crippen LogP contribution in [0.3, 0.4) is 0 Å². The lowest BCUT2D eigenvalue weighted by Crippen LogP contribution is -2.04. The van der Waals surface area contributed by atoms with Gasteiger partial charge >= 0.3 is 0 Å². The van der Waals surface area contributed by atoms with Gasteiger partial charge in [0.25, 0.3) is 0 Å². The lowest BCUT2D eigenvalue weighted by atomic mass is 10.0. The Morgan fingerprint density at radius 2 is 1.89 bits per heavy atom. The van der Waals surface area contributed by atoms with Crippen molar-refractivity contribution in [1.29, 1.82) is 0 Å². The molecule has 0 spiro atoms. The topological polar surface area (TPSA) is 26.3 Å². The first-order valence-corrected chi connectivity index (χ1v) is 6.47. The van der Waals surface area contributed by atoms with Gasteiger partial charge in [-0.15, -0.1) is 0 Å². The number of ketones is 1. The Balaban J connectivity index is 2.23. The highest BCUT2D eigenvalue weighted by atomic mass is 35.5. The fraction of sp³-hybridized carbons (Fsp3) is 0.133. The second kappa shape index (κ2) is 6.09. The van der Waals surface area contributed by atoms with Gasteiger partial charge in [0.1, 0.15) is 5.75 Å². The highest BCUT2D eigenvalue weighted by molar-refractivity contribution is 6.43. The van der Waals surface area contributed by atoms with Crippen molar-refractivity contribution in [2.24, 2.45) is 0 Å². The number of carbonyl (C=O) groups is 1. The molecule has 0 amide bonds. The van der Waals surface area contributed by atoms with E-state index in [0.717, 1.165) is 11.3 Å². The molecule has 98 valence electrons. The van der Waals surface area contributed by atoms with Gasteiger partial charge in [-0.1, -0.05) is 41.4 Å². The third-order valence-electron chi connectivity index (χ3n) is 2.75. The molecule has 0 aliphatic rings. The van der Waals surface area contributed by atoms with E-state index >= 15 is 0 Å². The van der Waals surface area contributed by atoms with Crippen LogP contribution in [0.5, 0.6) is 5.75 Å². The van der Waals surface area contributed by atoms with Crippen molar-refractivity contribution in [2.45, 2.75) is 6.42 Å². The van der Waals surface area contributed by atoms with Gasteiger partial charge < -0.3 is 4.74 Å². The molecule has 0 saturated heterocycles. The molecule has 0 radical (unpaired) electrons. The molecule has 0 aliphatic heterocycles. The molecule has 0 unspecified atom stereocenters. The Labute approximate surface area is 121 Å². The number of Topliss-reactive ketones (excluding diaryl/α,β-unsaturated/α-hetero) is 1. The molecule has 0 atom stereocenters. The monoisotopic (exact) mass is 294 g/mol. The maximum Gasteiger partial charge on any atom is 0.168 e. The van der Waals surface area contributed by atoms with E-state index in [2.05, 4.69) is 0 Å². The first-order valence-electron chi connectivity index (χ1n) is 5.72. The fourth-order valence-corrected chi connectivity index (χ4v) is 2.19. The molecule has 0 N–H and O–H groups in total. The highest BCUT2D eigenvalue weighted by Crippen LogP contribution is 2.26. The van der Waals surface area contributed by atoms with Crippen LogP contribution >= 0.6 is 23.2 Å². The molecule has 4 heteroatoms. The Kier molecular flexibility index (Phi) is 4.46. The molecule has 0 heterocycles. The number of benzene rings is 2. The second-order valence-corrected chi connectivity index (χ2v) is 4.84. The molecule has 2 rings (SSSR count). The zero-order chi connectivity index (χ0) is 13.8. The van der Waals surface area contributed by atoms with Crippen LogP contribution in [0, 0.1) is 0 Å². The third-order valence-corrected chi connectivity index (χ3v) is 3.57. The molecule has 2 nitrogen and oxygen atoms in total. The van der Waals surface area contributed by atoms with Crippen LogP contribution in [0.25, 0.3) is 0 Å². The van der Waals surface area contributed by atoms with Crippen molar-refractivity contribution < 1.29 is 9.53 Å². The second-order valence-electron chi connectivity index (χ2n) is 4.05. The van der Waals surface area contributed by atoms with Gasteiger partial charge in [0.2, 0.25) is 0 Å². The third kappa shape index (κ3) is 3.28. The standard InChI is InChI=1S/C15H12Cl2O2/c1-19-11-5-2-4-10(8-11)9-14(18)12-6-3-7-13(16)15(12)17/h2-8H,9H2,1H3. The van der Waals surface area contributed by atoms with Gasteiger partial charge in [0.05, 0.1) is 17.2 Å². The van der Waals surface area contributed by atoms with Crippen molar-refractivity contribution >= 4 is 29.0 Å². The van der Waals surface area contributed by atoms with Crippen molar-refractivity contribution in [3.05, 3.63) is 63.6 Å². The summed E-state index contributed by atoms with van der Waals surface area (Å²) in [6, 6.07) is 12.4. The predicted octanol–water partition coefficient (Wildman–Crippen LogP) is 4.43. The van der Waals surface area contributed by atoms with Crippen LogP contribution in [-0.4, -0.2) is 12.9 Å². The van der Waals surface area contributed by atoms with Gasteiger partial charge in [-0.2, -0.15) is 0 Å². The van der Waals surface area contributed by atoms with Crippen molar-refractivity contribution in [3.8, 4) is 5.75 Å². The van der Waals surface area contributed by atoms with Gasteiger partial charge in [-0.05, 0) is 29.8 Å². The zero-order valence-corrected chi connectivity index (χ0v) is 11.8. The average molecular weight is 295 g/mol. The summed E-state index contributed by atoms with van der Waals surface area (Å²) in [6.07, 6.45) is 0.261.